The molecule has 5 aromatic rings. The van der Waals surface area contributed by atoms with Crippen molar-refractivity contribution in [3.05, 3.63) is 132 Å². The summed E-state index contributed by atoms with van der Waals surface area (Å²) in [5.74, 6) is 1.16. The Morgan fingerprint density at radius 2 is 1.00 bits per heavy atom. The summed E-state index contributed by atoms with van der Waals surface area (Å²) in [5, 5.41) is 0.280. The second kappa shape index (κ2) is 10.5. The number of para-hydroxylation sites is 1. The number of benzene rings is 5. The van der Waals surface area contributed by atoms with E-state index >= 15 is 0 Å². The van der Waals surface area contributed by atoms with E-state index in [9.17, 15) is 16.8 Å². The van der Waals surface area contributed by atoms with E-state index in [2.05, 4.69) is 0 Å². The SMILES string of the molecule is O=S(=O)(c1ccc(Oc2ccccc2)cc1)c1ccc(-c2ccc(Cl)cc2S(=O)(=O)c2ccccc2)cc1. The summed E-state index contributed by atoms with van der Waals surface area (Å²) in [7, 11) is -7.67. The molecule has 0 aliphatic heterocycles. The maximum Gasteiger partial charge on any atom is 0.207 e. The van der Waals surface area contributed by atoms with Crippen LogP contribution >= 0.6 is 11.6 Å². The minimum absolute atomic E-state index is 0.0424. The van der Waals surface area contributed by atoms with Crippen LogP contribution in [0.3, 0.4) is 0 Å². The Kier molecular flexibility index (Phi) is 7.08. The molecule has 38 heavy (non-hydrogen) atoms. The zero-order valence-electron chi connectivity index (χ0n) is 19.9. The first-order valence-corrected chi connectivity index (χ1v) is 14.9. The molecule has 0 saturated heterocycles. The van der Waals surface area contributed by atoms with Crippen molar-refractivity contribution in [2.45, 2.75) is 19.6 Å². The van der Waals surface area contributed by atoms with Gasteiger partial charge in [-0.1, -0.05) is 66.2 Å². The van der Waals surface area contributed by atoms with Crippen molar-refractivity contribution in [1.29, 1.82) is 0 Å². The van der Waals surface area contributed by atoms with Gasteiger partial charge in [0, 0.05) is 10.6 Å². The lowest BCUT2D eigenvalue weighted by Gasteiger charge is -2.13. The van der Waals surface area contributed by atoms with Crippen LogP contribution in [0, 0.1) is 0 Å². The standard InChI is InChI=1S/C30H21ClO5S2/c31-23-13-20-29(30(21-23)38(34,35)26-9-5-2-6-10-26)22-11-16-27(17-12-22)37(32,33)28-18-14-25(15-19-28)36-24-7-3-1-4-8-24/h1-21H. The summed E-state index contributed by atoms with van der Waals surface area (Å²) in [5.41, 5.74) is 0.964. The van der Waals surface area contributed by atoms with E-state index in [1.165, 1.54) is 42.5 Å². The molecule has 8 heteroatoms. The predicted molar refractivity (Wildman–Crippen MR) is 147 cm³/mol. The Morgan fingerprint density at radius 3 is 1.61 bits per heavy atom. The quantitative estimate of drug-likeness (QED) is 0.206. The summed E-state index contributed by atoms with van der Waals surface area (Å²) in [6, 6.07) is 34.2. The molecule has 0 N–H and O–H groups in total. The predicted octanol–water partition coefficient (Wildman–Crippen LogP) is 7.46. The lowest BCUT2D eigenvalue weighted by molar-refractivity contribution is 0.482. The van der Waals surface area contributed by atoms with Crippen LogP contribution in [0.25, 0.3) is 11.1 Å². The summed E-state index contributed by atoms with van der Waals surface area (Å²) in [6.07, 6.45) is 0. The molecule has 190 valence electrons. The average Bonchev–Trinajstić information content (AvgIpc) is 2.94. The fourth-order valence-corrected chi connectivity index (χ4v) is 6.97. The Hall–Kier alpha value is -3.91. The van der Waals surface area contributed by atoms with Crippen molar-refractivity contribution in [2.75, 3.05) is 0 Å². The highest BCUT2D eigenvalue weighted by Crippen LogP contribution is 2.35. The lowest BCUT2D eigenvalue weighted by Crippen LogP contribution is -2.04. The van der Waals surface area contributed by atoms with Crippen molar-refractivity contribution in [1.82, 2.24) is 0 Å². The summed E-state index contributed by atoms with van der Waals surface area (Å²) < 4.78 is 59.0. The van der Waals surface area contributed by atoms with Crippen molar-refractivity contribution >= 4 is 31.3 Å². The van der Waals surface area contributed by atoms with Crippen LogP contribution in [0.1, 0.15) is 0 Å². The largest absolute Gasteiger partial charge is 0.457 e. The van der Waals surface area contributed by atoms with Gasteiger partial charge < -0.3 is 4.74 Å². The van der Waals surface area contributed by atoms with Crippen LogP contribution in [0.4, 0.5) is 0 Å². The molecule has 0 fully saturated rings. The number of hydrogen-bond donors (Lipinski definition) is 0. The number of ether oxygens (including phenoxy) is 1. The van der Waals surface area contributed by atoms with Gasteiger partial charge in [-0.3, -0.25) is 0 Å². The van der Waals surface area contributed by atoms with Crippen molar-refractivity contribution in [3.8, 4) is 22.6 Å². The van der Waals surface area contributed by atoms with Gasteiger partial charge in [-0.25, -0.2) is 16.8 Å². The molecule has 5 aromatic carbocycles. The molecule has 0 radical (unpaired) electrons. The Balaban J connectivity index is 1.45. The fourth-order valence-electron chi connectivity index (χ4n) is 3.94. The van der Waals surface area contributed by atoms with Crippen LogP contribution in [-0.4, -0.2) is 16.8 Å². The van der Waals surface area contributed by atoms with Crippen molar-refractivity contribution < 1.29 is 21.6 Å². The van der Waals surface area contributed by atoms with Gasteiger partial charge in [0.1, 0.15) is 11.5 Å². The van der Waals surface area contributed by atoms with Gasteiger partial charge >= 0.3 is 0 Å². The van der Waals surface area contributed by atoms with Crippen molar-refractivity contribution in [2.24, 2.45) is 0 Å². The minimum atomic E-state index is -3.86. The maximum atomic E-state index is 13.4. The molecular formula is C30H21ClO5S2. The van der Waals surface area contributed by atoms with E-state index in [-0.39, 0.29) is 24.6 Å². The number of halogens is 1. The molecule has 0 amide bonds. The molecule has 0 bridgehead atoms. The first-order valence-electron chi connectivity index (χ1n) is 11.5. The van der Waals surface area contributed by atoms with Crippen LogP contribution in [0.5, 0.6) is 11.5 Å². The second-order valence-corrected chi connectivity index (χ2v) is 12.7. The molecule has 0 unspecified atom stereocenters. The second-order valence-electron chi connectivity index (χ2n) is 8.37. The van der Waals surface area contributed by atoms with Gasteiger partial charge in [0.15, 0.2) is 0 Å². The van der Waals surface area contributed by atoms with Crippen LogP contribution < -0.4 is 4.74 Å². The van der Waals surface area contributed by atoms with E-state index in [0.717, 1.165) is 0 Å². The molecular weight excluding hydrogens is 540 g/mol. The van der Waals surface area contributed by atoms with Crippen LogP contribution in [-0.2, 0) is 19.7 Å². The van der Waals surface area contributed by atoms with Gasteiger partial charge in [0.25, 0.3) is 0 Å². The monoisotopic (exact) mass is 560 g/mol. The third kappa shape index (κ3) is 5.22. The molecule has 0 atom stereocenters. The molecule has 0 spiro atoms. The lowest BCUT2D eigenvalue weighted by atomic mass is 10.1. The molecule has 0 aromatic heterocycles. The molecule has 0 aliphatic rings. The van der Waals surface area contributed by atoms with E-state index in [1.54, 1.807) is 54.6 Å². The normalized spacial score (nSPS) is 11.7. The molecule has 0 heterocycles. The summed E-state index contributed by atoms with van der Waals surface area (Å²) in [4.78, 5) is 0.382. The molecule has 0 saturated carbocycles. The topological polar surface area (TPSA) is 77.5 Å². The van der Waals surface area contributed by atoms with E-state index in [4.69, 9.17) is 16.3 Å². The highest BCUT2D eigenvalue weighted by atomic mass is 35.5. The Labute approximate surface area is 226 Å². The third-order valence-electron chi connectivity index (χ3n) is 5.88. The Morgan fingerprint density at radius 1 is 0.500 bits per heavy atom. The number of hydrogen-bond acceptors (Lipinski definition) is 5. The van der Waals surface area contributed by atoms with Gasteiger partial charge in [-0.15, -0.1) is 0 Å². The van der Waals surface area contributed by atoms with Gasteiger partial charge in [-0.05, 0) is 78.4 Å². The van der Waals surface area contributed by atoms with Crippen LogP contribution in [0.2, 0.25) is 5.02 Å². The molecule has 5 nitrogen and oxygen atoms in total. The highest BCUT2D eigenvalue weighted by molar-refractivity contribution is 7.92. The molecule has 0 aliphatic carbocycles. The summed E-state index contributed by atoms with van der Waals surface area (Å²) in [6.45, 7) is 0. The van der Waals surface area contributed by atoms with E-state index in [0.29, 0.717) is 22.6 Å². The van der Waals surface area contributed by atoms with Gasteiger partial charge in [0.05, 0.1) is 19.6 Å². The van der Waals surface area contributed by atoms with Gasteiger partial charge in [0.2, 0.25) is 19.7 Å². The fraction of sp³-hybridized carbons (Fsp3) is 0. The first kappa shape index (κ1) is 25.7. The number of sulfone groups is 2. The maximum absolute atomic E-state index is 13.4. The highest BCUT2D eigenvalue weighted by Gasteiger charge is 2.23. The first-order chi connectivity index (χ1) is 18.2. The van der Waals surface area contributed by atoms with E-state index in [1.807, 2.05) is 30.3 Å². The van der Waals surface area contributed by atoms with Gasteiger partial charge in [-0.2, -0.15) is 0 Å². The zero-order valence-corrected chi connectivity index (χ0v) is 22.2. The molecule has 5 rings (SSSR count). The number of rotatable bonds is 7. The van der Waals surface area contributed by atoms with Crippen molar-refractivity contribution in [3.63, 3.8) is 0 Å². The van der Waals surface area contributed by atoms with Crippen LogP contribution in [0.15, 0.2) is 147 Å². The zero-order chi connectivity index (χ0) is 26.8. The Bertz CT molecular complexity index is 1790. The average molecular weight is 561 g/mol. The minimum Gasteiger partial charge on any atom is -0.457 e. The smallest absolute Gasteiger partial charge is 0.207 e. The third-order valence-corrected chi connectivity index (χ3v) is 9.71. The summed E-state index contributed by atoms with van der Waals surface area (Å²) >= 11 is 6.15. The van der Waals surface area contributed by atoms with E-state index < -0.39 is 19.7 Å².